The number of amides is 3. The molecule has 5 atom stereocenters. The molecule has 3 amide bonds. The summed E-state index contributed by atoms with van der Waals surface area (Å²) < 4.78 is 5.68. The fourth-order valence-electron chi connectivity index (χ4n) is 6.13. The molecule has 2 aromatic rings. The fraction of sp³-hybridized carbons (Fsp3) is 0.400. The summed E-state index contributed by atoms with van der Waals surface area (Å²) in [4.78, 5) is 42.3. The molecule has 4 aliphatic heterocycles. The first-order valence-corrected chi connectivity index (χ1v) is 12.0. The minimum absolute atomic E-state index is 0.164. The van der Waals surface area contributed by atoms with Crippen LogP contribution in [0.25, 0.3) is 0 Å². The third-order valence-electron chi connectivity index (χ3n) is 7.67. The number of aromatic hydroxyl groups is 2. The highest BCUT2D eigenvalue weighted by Gasteiger charge is 2.70. The monoisotopic (exact) mass is 497 g/mol. The van der Waals surface area contributed by atoms with Crippen LogP contribution in [-0.2, 0) is 31.1 Å². The summed E-state index contributed by atoms with van der Waals surface area (Å²) in [5.41, 5.74) is 0.288. The Morgan fingerprint density at radius 3 is 2.66 bits per heavy atom. The van der Waals surface area contributed by atoms with Crippen molar-refractivity contribution < 1.29 is 29.3 Å². The Bertz CT molecular complexity index is 1260. The van der Waals surface area contributed by atoms with Crippen LogP contribution in [0.2, 0.25) is 5.02 Å². The first-order valence-electron chi connectivity index (χ1n) is 11.7. The molecule has 182 valence electrons. The third-order valence-corrected chi connectivity index (χ3v) is 7.91. The van der Waals surface area contributed by atoms with Gasteiger partial charge in [0.15, 0.2) is 11.5 Å². The Labute approximate surface area is 206 Å². The molecule has 0 unspecified atom stereocenters. The van der Waals surface area contributed by atoms with Gasteiger partial charge in [-0.2, -0.15) is 0 Å². The number of phenolic OH excluding ortho intramolecular Hbond substituents is 2. The van der Waals surface area contributed by atoms with Crippen molar-refractivity contribution in [1.29, 1.82) is 0 Å². The van der Waals surface area contributed by atoms with Crippen LogP contribution in [0.1, 0.15) is 24.0 Å². The average Bonchev–Trinajstić information content (AvgIpc) is 3.56. The van der Waals surface area contributed by atoms with E-state index in [0.29, 0.717) is 28.4 Å². The smallest absolute Gasteiger partial charge is 0.250 e. The molecule has 4 heterocycles. The Balaban J connectivity index is 1.43. The molecule has 4 aliphatic rings. The molecule has 4 N–H and O–H groups in total. The van der Waals surface area contributed by atoms with E-state index in [1.807, 2.05) is 0 Å². The summed E-state index contributed by atoms with van der Waals surface area (Å²) in [5.74, 6) is -3.42. The zero-order valence-corrected chi connectivity index (χ0v) is 19.4. The van der Waals surface area contributed by atoms with Crippen molar-refractivity contribution in [2.75, 3.05) is 18.5 Å². The van der Waals surface area contributed by atoms with Crippen molar-refractivity contribution in [3.05, 3.63) is 52.5 Å². The maximum absolute atomic E-state index is 13.8. The van der Waals surface area contributed by atoms with Crippen molar-refractivity contribution in [1.82, 2.24) is 10.2 Å². The maximum atomic E-state index is 13.8. The molecule has 1 spiro atoms. The van der Waals surface area contributed by atoms with Crippen LogP contribution in [0.4, 0.5) is 5.69 Å². The summed E-state index contributed by atoms with van der Waals surface area (Å²) in [7, 11) is 0. The number of anilines is 1. The largest absolute Gasteiger partial charge is 0.504 e. The van der Waals surface area contributed by atoms with Crippen LogP contribution in [-0.4, -0.2) is 58.1 Å². The lowest BCUT2D eigenvalue weighted by molar-refractivity contribution is -0.144. The molecule has 3 saturated heterocycles. The predicted octanol–water partition coefficient (Wildman–Crippen LogP) is 1.89. The first-order chi connectivity index (χ1) is 16.8. The van der Waals surface area contributed by atoms with E-state index in [9.17, 15) is 24.6 Å². The fourth-order valence-corrected chi connectivity index (χ4v) is 6.30. The first kappa shape index (κ1) is 22.3. The van der Waals surface area contributed by atoms with E-state index in [2.05, 4.69) is 10.6 Å². The van der Waals surface area contributed by atoms with Gasteiger partial charge in [0.1, 0.15) is 5.54 Å². The molecule has 10 heteroatoms. The van der Waals surface area contributed by atoms with Gasteiger partial charge in [-0.15, -0.1) is 0 Å². The van der Waals surface area contributed by atoms with Gasteiger partial charge < -0.3 is 20.3 Å². The molecule has 0 saturated carbocycles. The number of likely N-dealkylation sites (tertiary alicyclic amines) is 1. The highest BCUT2D eigenvalue weighted by Crippen LogP contribution is 2.54. The third kappa shape index (κ3) is 3.26. The lowest BCUT2D eigenvalue weighted by Crippen LogP contribution is -2.54. The molecule has 2 aromatic carbocycles. The summed E-state index contributed by atoms with van der Waals surface area (Å²) >= 11 is 6.28. The van der Waals surface area contributed by atoms with Crippen molar-refractivity contribution >= 4 is 35.0 Å². The van der Waals surface area contributed by atoms with Crippen molar-refractivity contribution in [2.45, 2.75) is 36.9 Å². The normalized spacial score (nSPS) is 31.3. The number of hydrogen-bond acceptors (Lipinski definition) is 7. The quantitative estimate of drug-likeness (QED) is 0.375. The maximum Gasteiger partial charge on any atom is 0.250 e. The van der Waals surface area contributed by atoms with E-state index in [4.69, 9.17) is 16.3 Å². The summed E-state index contributed by atoms with van der Waals surface area (Å²) in [6, 6.07) is 8.87. The van der Waals surface area contributed by atoms with E-state index in [1.165, 1.54) is 17.0 Å². The number of fused-ring (bicyclic) bond motifs is 4. The van der Waals surface area contributed by atoms with Crippen LogP contribution in [0.3, 0.4) is 0 Å². The number of ether oxygens (including phenoxy) is 1. The van der Waals surface area contributed by atoms with Crippen LogP contribution < -0.4 is 10.6 Å². The summed E-state index contributed by atoms with van der Waals surface area (Å²) in [6.45, 7) is 0.762. The molecule has 3 fully saturated rings. The van der Waals surface area contributed by atoms with Crippen molar-refractivity contribution in [2.24, 2.45) is 11.8 Å². The van der Waals surface area contributed by atoms with Crippen LogP contribution in [0, 0.1) is 11.8 Å². The van der Waals surface area contributed by atoms with Gasteiger partial charge >= 0.3 is 0 Å². The predicted molar refractivity (Wildman–Crippen MR) is 125 cm³/mol. The number of phenols is 2. The Kier molecular flexibility index (Phi) is 5.07. The number of imide groups is 1. The lowest BCUT2D eigenvalue weighted by Gasteiger charge is -2.30. The number of nitrogens with one attached hydrogen (secondary N) is 2. The van der Waals surface area contributed by atoms with Gasteiger partial charge in [-0.1, -0.05) is 17.7 Å². The SMILES string of the molecule is O=C1[C@H]2[C@H](Cc3ccc(O)c(O)c3)N[C@@]3(C(=O)Nc4ccc(Cl)cc43)[C@H]2C(=O)N1C[C@H]1CCCO1. The average molecular weight is 498 g/mol. The van der Waals surface area contributed by atoms with E-state index in [-0.39, 0.29) is 36.5 Å². The van der Waals surface area contributed by atoms with E-state index < -0.39 is 35.2 Å². The summed E-state index contributed by atoms with van der Waals surface area (Å²) in [5, 5.41) is 26.3. The molecule has 0 bridgehead atoms. The van der Waals surface area contributed by atoms with Crippen LogP contribution in [0.15, 0.2) is 36.4 Å². The van der Waals surface area contributed by atoms with Gasteiger partial charge in [0.2, 0.25) is 17.7 Å². The number of rotatable bonds is 4. The van der Waals surface area contributed by atoms with Crippen LogP contribution >= 0.6 is 11.6 Å². The zero-order chi connectivity index (χ0) is 24.5. The standard InChI is InChI=1S/C25H24ClN3O6/c26-13-4-5-16-15(10-13)25(24(34)27-16)21-20(17(28-25)8-12-3-6-18(30)19(31)9-12)22(32)29(23(21)33)11-14-2-1-7-35-14/h3-6,9-10,14,17,20-21,28,30-31H,1-2,7-8,11H2,(H,27,34)/t14-,17+,20+,21-,25-/m1/s1. The molecule has 9 nitrogen and oxygen atoms in total. The zero-order valence-electron chi connectivity index (χ0n) is 18.7. The highest BCUT2D eigenvalue weighted by atomic mass is 35.5. The van der Waals surface area contributed by atoms with Gasteiger partial charge in [-0.3, -0.25) is 24.6 Å². The second-order valence-corrected chi connectivity index (χ2v) is 10.1. The topological polar surface area (TPSA) is 128 Å². The Hall–Kier alpha value is -3.14. The van der Waals surface area contributed by atoms with Gasteiger partial charge in [0, 0.05) is 28.9 Å². The summed E-state index contributed by atoms with van der Waals surface area (Å²) in [6.07, 6.45) is 1.69. The number of carbonyl (C=O) groups is 3. The van der Waals surface area contributed by atoms with Crippen molar-refractivity contribution in [3.8, 4) is 11.5 Å². The minimum atomic E-state index is -1.45. The van der Waals surface area contributed by atoms with E-state index in [1.54, 1.807) is 24.3 Å². The van der Waals surface area contributed by atoms with Gasteiger partial charge in [-0.05, 0) is 55.2 Å². The highest BCUT2D eigenvalue weighted by molar-refractivity contribution is 6.31. The number of hydrogen-bond donors (Lipinski definition) is 4. The molecule has 0 aromatic heterocycles. The molecule has 0 radical (unpaired) electrons. The molecule has 6 rings (SSSR count). The van der Waals surface area contributed by atoms with Crippen LogP contribution in [0.5, 0.6) is 11.5 Å². The Morgan fingerprint density at radius 2 is 1.91 bits per heavy atom. The minimum Gasteiger partial charge on any atom is -0.504 e. The molecular formula is C25H24ClN3O6. The number of carbonyl (C=O) groups excluding carboxylic acids is 3. The Morgan fingerprint density at radius 1 is 1.09 bits per heavy atom. The lowest BCUT2D eigenvalue weighted by atomic mass is 9.76. The molecule has 35 heavy (non-hydrogen) atoms. The second-order valence-electron chi connectivity index (χ2n) is 9.66. The van der Waals surface area contributed by atoms with E-state index in [0.717, 1.165) is 12.8 Å². The van der Waals surface area contributed by atoms with Crippen molar-refractivity contribution in [3.63, 3.8) is 0 Å². The number of benzene rings is 2. The van der Waals surface area contributed by atoms with Gasteiger partial charge in [0.25, 0.3) is 0 Å². The molecule has 0 aliphatic carbocycles. The van der Waals surface area contributed by atoms with Gasteiger partial charge in [0.05, 0.1) is 24.5 Å². The molecular weight excluding hydrogens is 474 g/mol. The van der Waals surface area contributed by atoms with E-state index >= 15 is 0 Å². The number of halogens is 1. The van der Waals surface area contributed by atoms with Gasteiger partial charge in [-0.25, -0.2) is 0 Å². The second kappa shape index (κ2) is 7.94. The number of nitrogens with zero attached hydrogens (tertiary/aromatic N) is 1.